The van der Waals surface area contributed by atoms with E-state index in [9.17, 15) is 19.2 Å². The van der Waals surface area contributed by atoms with Crippen molar-refractivity contribution < 1.29 is 28.7 Å². The molecule has 8 atom stereocenters. The summed E-state index contributed by atoms with van der Waals surface area (Å²) in [5, 5.41) is 5.45. The summed E-state index contributed by atoms with van der Waals surface area (Å²) in [5.41, 5.74) is 5.68. The highest BCUT2D eigenvalue weighted by Gasteiger charge is 2.46. The van der Waals surface area contributed by atoms with E-state index >= 15 is 0 Å². The number of carbonyl (C=O) groups excluding carboxylic acids is 4. The van der Waals surface area contributed by atoms with Gasteiger partial charge in [-0.1, -0.05) is 89.2 Å². The first-order chi connectivity index (χ1) is 28.2. The quantitative estimate of drug-likeness (QED) is 0.106. The Morgan fingerprint density at radius 1 is 0.678 bits per heavy atom. The highest BCUT2D eigenvalue weighted by atomic mass is 16.5. The van der Waals surface area contributed by atoms with Crippen LogP contribution in [0.5, 0.6) is 0 Å². The van der Waals surface area contributed by atoms with Gasteiger partial charge >= 0.3 is 12.2 Å². The fraction of sp³-hybridized carbons (Fsp3) is 0.467. The van der Waals surface area contributed by atoms with Gasteiger partial charge in [-0.15, -0.1) is 6.58 Å². The fourth-order valence-electron chi connectivity index (χ4n) is 8.48. The molecule has 4 heterocycles. The summed E-state index contributed by atoms with van der Waals surface area (Å²) in [6.45, 7) is 17.8. The standard InChI is InChI=1S/C45H58N8O6/c1-11-29-21-37(53(28(29)8)43(55)39(25(4)5)51-45(57)59-10)41-47-23-35(49-41)33-18-14-31(15-19-33)30-12-16-32(17-13-30)34-22-46-40(48-34)36-20-26(6)27(7)52(36)42(54)38(24(2)3)50-44(56)58-9/h11-19,22-29,36-39H,1,20-21H2,2-10H3,(H,46,48)(H,47,49)(H,50,56)(H,51,57)/t26-,27+,28+,29-,36+,37+,38+,39+/m1/s1. The maximum atomic E-state index is 14.0. The molecule has 2 aliphatic rings. The van der Waals surface area contributed by atoms with E-state index in [1.807, 2.05) is 75.7 Å². The first-order valence-electron chi connectivity index (χ1n) is 20.4. The van der Waals surface area contributed by atoms with Gasteiger partial charge in [-0.25, -0.2) is 19.6 Å². The Morgan fingerprint density at radius 2 is 1.07 bits per heavy atom. The number of methoxy groups -OCH3 is 2. The van der Waals surface area contributed by atoms with Gasteiger partial charge in [-0.05, 0) is 72.6 Å². The Labute approximate surface area is 346 Å². The fourth-order valence-corrected chi connectivity index (χ4v) is 8.48. The maximum Gasteiger partial charge on any atom is 0.407 e. The third kappa shape index (κ3) is 8.76. The van der Waals surface area contributed by atoms with Gasteiger partial charge in [-0.2, -0.15) is 0 Å². The van der Waals surface area contributed by atoms with E-state index in [2.05, 4.69) is 70.5 Å². The zero-order chi connectivity index (χ0) is 42.7. The number of aromatic nitrogens is 4. The van der Waals surface area contributed by atoms with Crippen molar-refractivity contribution in [2.24, 2.45) is 23.7 Å². The zero-order valence-electron chi connectivity index (χ0n) is 35.5. The molecular formula is C45H58N8O6. The van der Waals surface area contributed by atoms with E-state index in [1.165, 1.54) is 14.2 Å². The molecule has 2 aromatic heterocycles. The van der Waals surface area contributed by atoms with Crippen molar-refractivity contribution in [3.63, 3.8) is 0 Å². The molecule has 0 saturated carbocycles. The molecule has 0 spiro atoms. The number of likely N-dealkylation sites (tertiary alicyclic amines) is 2. The molecule has 4 aromatic rings. The lowest BCUT2D eigenvalue weighted by molar-refractivity contribution is -0.138. The minimum absolute atomic E-state index is 0.0363. The van der Waals surface area contributed by atoms with Gasteiger partial charge in [0.25, 0.3) is 0 Å². The minimum atomic E-state index is -0.751. The normalized spacial score (nSPS) is 22.6. The zero-order valence-corrected chi connectivity index (χ0v) is 35.5. The first kappa shape index (κ1) is 42.7. The summed E-state index contributed by atoms with van der Waals surface area (Å²) in [6, 6.07) is 14.3. The van der Waals surface area contributed by atoms with Crippen molar-refractivity contribution in [1.29, 1.82) is 0 Å². The average Bonchev–Trinajstić information content (AvgIpc) is 4.04. The van der Waals surface area contributed by atoms with Crippen molar-refractivity contribution in [2.45, 2.75) is 97.6 Å². The van der Waals surface area contributed by atoms with Crippen LogP contribution >= 0.6 is 0 Å². The maximum absolute atomic E-state index is 14.0. The van der Waals surface area contributed by atoms with Gasteiger partial charge in [0, 0.05) is 12.1 Å². The van der Waals surface area contributed by atoms with Gasteiger partial charge in [0.15, 0.2) is 0 Å². The molecule has 0 unspecified atom stereocenters. The van der Waals surface area contributed by atoms with E-state index in [-0.39, 0.29) is 59.7 Å². The van der Waals surface area contributed by atoms with Crippen LogP contribution in [0.4, 0.5) is 9.59 Å². The molecule has 14 nitrogen and oxygen atoms in total. The average molecular weight is 807 g/mol. The SMILES string of the molecule is C=C[C@@H]1C[C@@H](c2ncc(-c3ccc(-c4ccc(-c5cnc([C@@H]6C[C@@H](C)[C@H](C)N6C(=O)[C@@H](NC(=O)OC)C(C)C)[nH]5)cc4)cc3)[nH]2)N(C(=O)[C@@H](NC(=O)OC)C(C)C)[C@H]1C. The Morgan fingerprint density at radius 3 is 1.46 bits per heavy atom. The van der Waals surface area contributed by atoms with Crippen LogP contribution in [-0.4, -0.2) is 92.1 Å². The monoisotopic (exact) mass is 806 g/mol. The Balaban J connectivity index is 1.16. The summed E-state index contributed by atoms with van der Waals surface area (Å²) >= 11 is 0. The molecule has 0 bridgehead atoms. The minimum Gasteiger partial charge on any atom is -0.453 e. The topological polar surface area (TPSA) is 175 Å². The van der Waals surface area contributed by atoms with Crippen molar-refractivity contribution in [2.75, 3.05) is 14.2 Å². The molecular weight excluding hydrogens is 749 g/mol. The van der Waals surface area contributed by atoms with E-state index in [0.29, 0.717) is 18.1 Å². The van der Waals surface area contributed by atoms with Gasteiger partial charge in [-0.3, -0.25) is 9.59 Å². The summed E-state index contributed by atoms with van der Waals surface area (Å²) in [6.07, 6.45) is 5.62. The number of hydrogen-bond acceptors (Lipinski definition) is 8. The third-order valence-corrected chi connectivity index (χ3v) is 12.2. The molecule has 2 aliphatic heterocycles. The summed E-state index contributed by atoms with van der Waals surface area (Å²) in [7, 11) is 2.58. The Kier molecular flexibility index (Phi) is 13.0. The number of H-pyrrole nitrogens is 2. The predicted molar refractivity (Wildman–Crippen MR) is 226 cm³/mol. The van der Waals surface area contributed by atoms with E-state index in [4.69, 9.17) is 19.4 Å². The molecule has 314 valence electrons. The second-order valence-electron chi connectivity index (χ2n) is 16.6. The van der Waals surface area contributed by atoms with Crippen LogP contribution in [0.2, 0.25) is 0 Å². The van der Waals surface area contributed by atoms with Gasteiger partial charge in [0.05, 0.1) is 50.1 Å². The molecule has 59 heavy (non-hydrogen) atoms. The molecule has 4 amide bonds. The number of nitrogens with zero attached hydrogens (tertiary/aromatic N) is 4. The number of carbonyl (C=O) groups is 4. The van der Waals surface area contributed by atoms with Crippen molar-refractivity contribution >= 4 is 24.0 Å². The molecule has 14 heteroatoms. The van der Waals surface area contributed by atoms with Crippen LogP contribution in [-0.2, 0) is 19.1 Å². The lowest BCUT2D eigenvalue weighted by Crippen LogP contribution is -2.53. The van der Waals surface area contributed by atoms with Gasteiger partial charge in [0.2, 0.25) is 11.8 Å². The number of alkyl carbamates (subject to hydrolysis) is 2. The largest absolute Gasteiger partial charge is 0.453 e. The van der Waals surface area contributed by atoms with Crippen molar-refractivity contribution in [3.05, 3.63) is 85.2 Å². The van der Waals surface area contributed by atoms with Crippen LogP contribution in [0.1, 0.15) is 85.0 Å². The number of nitrogens with one attached hydrogen (secondary N) is 4. The van der Waals surface area contributed by atoms with Gasteiger partial charge in [0.1, 0.15) is 23.7 Å². The highest BCUT2D eigenvalue weighted by Crippen LogP contribution is 2.42. The molecule has 2 aromatic carbocycles. The molecule has 2 fully saturated rings. The van der Waals surface area contributed by atoms with Crippen molar-refractivity contribution in [1.82, 2.24) is 40.4 Å². The first-order valence-corrected chi connectivity index (χ1v) is 20.4. The summed E-state index contributed by atoms with van der Waals surface area (Å²) < 4.78 is 9.61. The predicted octanol–water partition coefficient (Wildman–Crippen LogP) is 7.66. The van der Waals surface area contributed by atoms with E-state index in [1.54, 1.807) is 6.20 Å². The Hall–Kier alpha value is -5.92. The molecule has 0 aliphatic carbocycles. The van der Waals surface area contributed by atoms with Crippen LogP contribution in [0.25, 0.3) is 33.6 Å². The van der Waals surface area contributed by atoms with Crippen LogP contribution in [0, 0.1) is 23.7 Å². The van der Waals surface area contributed by atoms with E-state index < -0.39 is 24.3 Å². The lowest BCUT2D eigenvalue weighted by Gasteiger charge is -2.33. The number of benzene rings is 2. The number of imidazole rings is 2. The number of hydrogen-bond donors (Lipinski definition) is 4. The Bertz CT molecular complexity index is 2130. The summed E-state index contributed by atoms with van der Waals surface area (Å²) in [4.78, 5) is 72.2. The molecule has 0 radical (unpaired) electrons. The molecule has 4 N–H and O–H groups in total. The molecule has 2 saturated heterocycles. The van der Waals surface area contributed by atoms with Crippen LogP contribution in [0.3, 0.4) is 0 Å². The second-order valence-corrected chi connectivity index (χ2v) is 16.6. The van der Waals surface area contributed by atoms with Crippen molar-refractivity contribution in [3.8, 4) is 33.6 Å². The second kappa shape index (κ2) is 17.9. The molecule has 6 rings (SSSR count). The smallest absolute Gasteiger partial charge is 0.407 e. The highest BCUT2D eigenvalue weighted by molar-refractivity contribution is 5.87. The van der Waals surface area contributed by atoms with Crippen LogP contribution in [0.15, 0.2) is 73.6 Å². The number of rotatable bonds is 12. The number of amides is 4. The van der Waals surface area contributed by atoms with Crippen LogP contribution < -0.4 is 10.6 Å². The number of ether oxygens (including phenoxy) is 2. The number of aromatic amines is 2. The van der Waals surface area contributed by atoms with E-state index in [0.717, 1.165) is 40.1 Å². The lowest BCUT2D eigenvalue weighted by atomic mass is 10.00. The third-order valence-electron chi connectivity index (χ3n) is 12.2. The van der Waals surface area contributed by atoms with Gasteiger partial charge < -0.3 is 39.9 Å². The summed E-state index contributed by atoms with van der Waals surface area (Å²) in [5.74, 6) is 1.08.